The van der Waals surface area contributed by atoms with Gasteiger partial charge in [-0.2, -0.15) is 0 Å². The molecule has 7 heteroatoms. The number of aryl methyl sites for hydroxylation is 2. The van der Waals surface area contributed by atoms with Crippen LogP contribution in [0.5, 0.6) is 11.5 Å². The molecule has 1 heterocycles. The number of para-hydroxylation sites is 1. The van der Waals surface area contributed by atoms with Crippen LogP contribution in [0.25, 0.3) is 10.9 Å². The van der Waals surface area contributed by atoms with E-state index in [-0.39, 0.29) is 23.9 Å². The average molecular weight is 421 g/mol. The van der Waals surface area contributed by atoms with Crippen LogP contribution in [0.3, 0.4) is 0 Å². The molecule has 0 saturated heterocycles. The number of methoxy groups -OCH3 is 2. The van der Waals surface area contributed by atoms with Gasteiger partial charge in [-0.15, -0.1) is 0 Å². The number of carbonyl (C=O) groups excluding carboxylic acids is 1. The molecule has 0 bridgehead atoms. The van der Waals surface area contributed by atoms with Crippen molar-refractivity contribution >= 4 is 16.8 Å². The summed E-state index contributed by atoms with van der Waals surface area (Å²) >= 11 is 0. The van der Waals surface area contributed by atoms with Gasteiger partial charge in [-0.25, -0.2) is 4.98 Å². The van der Waals surface area contributed by atoms with Crippen LogP contribution < -0.4 is 15.0 Å². The first-order valence-electron chi connectivity index (χ1n) is 10.5. The van der Waals surface area contributed by atoms with Crippen molar-refractivity contribution in [1.29, 1.82) is 0 Å². The minimum atomic E-state index is -0.117. The minimum absolute atomic E-state index is 0.0172. The largest absolute Gasteiger partial charge is 0.497 e. The second-order valence-electron chi connectivity index (χ2n) is 7.89. The van der Waals surface area contributed by atoms with E-state index in [1.165, 1.54) is 10.9 Å². The SMILES string of the molecule is COc1ccc(OC)c(CN(C(=O)CCn2cnc3c(C)cccc3c2=O)C2CC2)c1. The number of rotatable bonds is 8. The molecular weight excluding hydrogens is 394 g/mol. The van der Waals surface area contributed by atoms with E-state index in [0.717, 1.165) is 35.5 Å². The van der Waals surface area contributed by atoms with E-state index in [4.69, 9.17) is 9.47 Å². The molecule has 0 spiro atoms. The van der Waals surface area contributed by atoms with Crippen molar-refractivity contribution in [2.45, 2.75) is 45.3 Å². The number of ether oxygens (including phenoxy) is 2. The fourth-order valence-electron chi connectivity index (χ4n) is 3.85. The lowest BCUT2D eigenvalue weighted by molar-refractivity contribution is -0.132. The van der Waals surface area contributed by atoms with E-state index < -0.39 is 0 Å². The van der Waals surface area contributed by atoms with Gasteiger partial charge in [-0.05, 0) is 49.6 Å². The molecule has 1 amide bonds. The molecule has 0 atom stereocenters. The molecule has 0 unspecified atom stereocenters. The normalized spacial score (nSPS) is 13.3. The topological polar surface area (TPSA) is 73.7 Å². The lowest BCUT2D eigenvalue weighted by Gasteiger charge is -2.24. The van der Waals surface area contributed by atoms with Crippen molar-refractivity contribution in [2.75, 3.05) is 14.2 Å². The van der Waals surface area contributed by atoms with Crippen LogP contribution >= 0.6 is 0 Å². The van der Waals surface area contributed by atoms with Gasteiger partial charge < -0.3 is 14.4 Å². The number of aromatic nitrogens is 2. The van der Waals surface area contributed by atoms with Gasteiger partial charge in [-0.3, -0.25) is 14.2 Å². The number of benzene rings is 2. The van der Waals surface area contributed by atoms with Gasteiger partial charge in [0, 0.05) is 31.1 Å². The van der Waals surface area contributed by atoms with Crippen LogP contribution in [0, 0.1) is 6.92 Å². The molecule has 3 aromatic rings. The smallest absolute Gasteiger partial charge is 0.261 e. The first kappa shape index (κ1) is 20.9. The van der Waals surface area contributed by atoms with Crippen LogP contribution in [0.15, 0.2) is 47.5 Å². The summed E-state index contributed by atoms with van der Waals surface area (Å²) in [6.45, 7) is 2.68. The molecule has 1 aliphatic carbocycles. The van der Waals surface area contributed by atoms with Gasteiger partial charge in [0.2, 0.25) is 5.91 Å². The summed E-state index contributed by atoms with van der Waals surface area (Å²) in [5.41, 5.74) is 2.46. The highest BCUT2D eigenvalue weighted by Crippen LogP contribution is 2.32. The number of carbonyl (C=O) groups is 1. The third kappa shape index (κ3) is 4.40. The van der Waals surface area contributed by atoms with E-state index in [9.17, 15) is 9.59 Å². The molecule has 7 nitrogen and oxygen atoms in total. The maximum Gasteiger partial charge on any atom is 0.261 e. The van der Waals surface area contributed by atoms with Crippen LogP contribution in [-0.2, 0) is 17.9 Å². The highest BCUT2D eigenvalue weighted by Gasteiger charge is 2.33. The van der Waals surface area contributed by atoms with Crippen LogP contribution in [0.4, 0.5) is 0 Å². The first-order chi connectivity index (χ1) is 15.0. The Labute approximate surface area is 181 Å². The maximum atomic E-state index is 13.1. The van der Waals surface area contributed by atoms with Gasteiger partial charge in [0.05, 0.1) is 31.4 Å². The molecular formula is C24H27N3O4. The predicted octanol–water partition coefficient (Wildman–Crippen LogP) is 3.30. The first-order valence-corrected chi connectivity index (χ1v) is 10.5. The van der Waals surface area contributed by atoms with E-state index >= 15 is 0 Å². The van der Waals surface area contributed by atoms with Crippen molar-refractivity contribution in [3.8, 4) is 11.5 Å². The van der Waals surface area contributed by atoms with Gasteiger partial charge in [0.25, 0.3) is 5.56 Å². The summed E-state index contributed by atoms with van der Waals surface area (Å²) in [5, 5.41) is 0.579. The van der Waals surface area contributed by atoms with E-state index in [2.05, 4.69) is 4.98 Å². The zero-order chi connectivity index (χ0) is 22.0. The van der Waals surface area contributed by atoms with Gasteiger partial charge in [0.1, 0.15) is 11.5 Å². The van der Waals surface area contributed by atoms with Crippen molar-refractivity contribution in [2.24, 2.45) is 0 Å². The van der Waals surface area contributed by atoms with Gasteiger partial charge >= 0.3 is 0 Å². The summed E-state index contributed by atoms with van der Waals surface area (Å²) in [6.07, 6.45) is 3.77. The quantitative estimate of drug-likeness (QED) is 0.558. The summed E-state index contributed by atoms with van der Waals surface area (Å²) in [7, 11) is 3.24. The summed E-state index contributed by atoms with van der Waals surface area (Å²) < 4.78 is 12.3. The van der Waals surface area contributed by atoms with Gasteiger partial charge in [0.15, 0.2) is 0 Å². The molecule has 1 fully saturated rings. The fourth-order valence-corrected chi connectivity index (χ4v) is 3.85. The molecule has 1 aromatic heterocycles. The van der Waals surface area contributed by atoms with Crippen LogP contribution in [0.1, 0.15) is 30.4 Å². The molecule has 2 aromatic carbocycles. The van der Waals surface area contributed by atoms with Crippen molar-refractivity contribution in [3.63, 3.8) is 0 Å². The molecule has 0 aliphatic heterocycles. The fraction of sp³-hybridized carbons (Fsp3) is 0.375. The number of nitrogens with zero attached hydrogens (tertiary/aromatic N) is 3. The number of amides is 1. The molecule has 162 valence electrons. The second-order valence-corrected chi connectivity index (χ2v) is 7.89. The Morgan fingerprint density at radius 1 is 1.19 bits per heavy atom. The van der Waals surface area contributed by atoms with Crippen molar-refractivity contribution in [3.05, 3.63) is 64.2 Å². The third-order valence-electron chi connectivity index (χ3n) is 5.76. The Bertz CT molecular complexity index is 1170. The molecule has 1 aliphatic rings. The highest BCUT2D eigenvalue weighted by molar-refractivity contribution is 5.80. The monoisotopic (exact) mass is 421 g/mol. The Morgan fingerprint density at radius 2 is 2.00 bits per heavy atom. The number of hydrogen-bond donors (Lipinski definition) is 0. The van der Waals surface area contributed by atoms with Crippen LogP contribution in [0.2, 0.25) is 0 Å². The molecule has 4 rings (SSSR count). The minimum Gasteiger partial charge on any atom is -0.497 e. The maximum absolute atomic E-state index is 13.1. The van der Waals surface area contributed by atoms with Gasteiger partial charge in [-0.1, -0.05) is 12.1 Å². The molecule has 0 radical (unpaired) electrons. The predicted molar refractivity (Wildman–Crippen MR) is 118 cm³/mol. The van der Waals surface area contributed by atoms with Crippen molar-refractivity contribution in [1.82, 2.24) is 14.5 Å². The molecule has 0 N–H and O–H groups in total. The average Bonchev–Trinajstić information content (AvgIpc) is 3.62. The van der Waals surface area contributed by atoms with Crippen molar-refractivity contribution < 1.29 is 14.3 Å². The Kier molecular flexibility index (Phi) is 5.93. The number of hydrogen-bond acceptors (Lipinski definition) is 5. The number of fused-ring (bicyclic) bond motifs is 1. The van der Waals surface area contributed by atoms with E-state index in [1.54, 1.807) is 20.3 Å². The lowest BCUT2D eigenvalue weighted by Crippen LogP contribution is -2.34. The van der Waals surface area contributed by atoms with Crippen LogP contribution in [-0.4, -0.2) is 40.6 Å². The third-order valence-corrected chi connectivity index (χ3v) is 5.76. The standard InChI is InChI=1S/C24H27N3O4/c1-16-5-4-6-20-23(16)25-15-26(24(20)29)12-11-22(28)27(18-7-8-18)14-17-13-19(30-2)9-10-21(17)31-3/h4-6,9-10,13,15,18H,7-8,11-12,14H2,1-3H3. The lowest BCUT2D eigenvalue weighted by atomic mass is 10.1. The molecule has 31 heavy (non-hydrogen) atoms. The summed E-state index contributed by atoms with van der Waals surface area (Å²) in [5.74, 6) is 1.47. The zero-order valence-electron chi connectivity index (χ0n) is 18.1. The highest BCUT2D eigenvalue weighted by atomic mass is 16.5. The Hall–Kier alpha value is -3.35. The summed E-state index contributed by atoms with van der Waals surface area (Å²) in [4.78, 5) is 32.2. The van der Waals surface area contributed by atoms with E-state index in [0.29, 0.717) is 24.0 Å². The Morgan fingerprint density at radius 3 is 2.71 bits per heavy atom. The zero-order valence-corrected chi connectivity index (χ0v) is 18.1. The second kappa shape index (κ2) is 8.79. The van der Waals surface area contributed by atoms with E-state index in [1.807, 2.05) is 42.2 Å². The molecule has 1 saturated carbocycles. The Balaban J connectivity index is 1.51. The summed E-state index contributed by atoms with van der Waals surface area (Å²) in [6, 6.07) is 11.4.